The standard InChI is InChI=1S/C15H11ClN4O/c1-17-15-20-11-6-8(2-3-12(11)21-15)9-7-19-14-13(9)10(16)4-5-18-14/h2-7H,1H3,(H,17,20)(H,18,19). The van der Waals surface area contributed by atoms with Crippen LogP contribution in [0.4, 0.5) is 6.01 Å². The van der Waals surface area contributed by atoms with Crippen LogP contribution in [0.2, 0.25) is 5.02 Å². The first-order valence-electron chi connectivity index (χ1n) is 6.46. The zero-order valence-corrected chi connectivity index (χ0v) is 11.9. The number of H-pyrrole nitrogens is 1. The van der Waals surface area contributed by atoms with Crippen molar-refractivity contribution in [3.8, 4) is 11.1 Å². The predicted molar refractivity (Wildman–Crippen MR) is 83.7 cm³/mol. The summed E-state index contributed by atoms with van der Waals surface area (Å²) < 4.78 is 5.53. The summed E-state index contributed by atoms with van der Waals surface area (Å²) in [6.45, 7) is 0. The number of anilines is 1. The molecular formula is C15H11ClN4O. The number of aromatic nitrogens is 3. The van der Waals surface area contributed by atoms with Gasteiger partial charge in [0.15, 0.2) is 5.58 Å². The van der Waals surface area contributed by atoms with E-state index in [1.165, 1.54) is 0 Å². The monoisotopic (exact) mass is 298 g/mol. The molecule has 4 rings (SSSR count). The largest absolute Gasteiger partial charge is 0.424 e. The number of nitrogens with one attached hydrogen (secondary N) is 2. The van der Waals surface area contributed by atoms with Crippen molar-refractivity contribution in [1.82, 2.24) is 15.0 Å². The molecule has 0 amide bonds. The molecule has 4 aromatic rings. The molecule has 0 unspecified atom stereocenters. The average Bonchev–Trinajstić information content (AvgIpc) is 3.10. The molecule has 0 saturated carbocycles. The minimum atomic E-state index is 0.501. The molecule has 3 heterocycles. The van der Waals surface area contributed by atoms with E-state index < -0.39 is 0 Å². The molecule has 0 aliphatic carbocycles. The minimum Gasteiger partial charge on any atom is -0.424 e. The van der Waals surface area contributed by atoms with Gasteiger partial charge in [-0.15, -0.1) is 0 Å². The number of benzene rings is 1. The highest BCUT2D eigenvalue weighted by Crippen LogP contribution is 2.34. The van der Waals surface area contributed by atoms with Gasteiger partial charge in [-0.2, -0.15) is 4.98 Å². The molecule has 5 nitrogen and oxygen atoms in total. The fourth-order valence-corrected chi connectivity index (χ4v) is 2.69. The van der Waals surface area contributed by atoms with Gasteiger partial charge in [-0.3, -0.25) is 0 Å². The molecule has 104 valence electrons. The SMILES string of the molecule is CNc1nc2cc(-c3c[nH]c4nccc(Cl)c34)ccc2o1. The molecule has 0 aliphatic rings. The van der Waals surface area contributed by atoms with E-state index in [9.17, 15) is 0 Å². The van der Waals surface area contributed by atoms with Crippen LogP contribution < -0.4 is 5.32 Å². The van der Waals surface area contributed by atoms with Gasteiger partial charge in [0, 0.05) is 30.4 Å². The number of aromatic amines is 1. The van der Waals surface area contributed by atoms with Crippen molar-refractivity contribution in [2.45, 2.75) is 0 Å². The van der Waals surface area contributed by atoms with E-state index in [4.69, 9.17) is 16.0 Å². The van der Waals surface area contributed by atoms with Gasteiger partial charge in [0.05, 0.1) is 5.02 Å². The van der Waals surface area contributed by atoms with Crippen molar-refractivity contribution >= 4 is 39.7 Å². The number of rotatable bonds is 2. The summed E-state index contributed by atoms with van der Waals surface area (Å²) in [6, 6.07) is 8.15. The number of hydrogen-bond donors (Lipinski definition) is 2. The van der Waals surface area contributed by atoms with Crippen molar-refractivity contribution in [3.63, 3.8) is 0 Å². The minimum absolute atomic E-state index is 0.501. The number of nitrogens with zero attached hydrogens (tertiary/aromatic N) is 2. The normalized spacial score (nSPS) is 11.3. The molecule has 1 aromatic carbocycles. The molecule has 0 fully saturated rings. The molecule has 3 aromatic heterocycles. The van der Waals surface area contributed by atoms with E-state index in [1.807, 2.05) is 24.4 Å². The molecule has 6 heteroatoms. The highest BCUT2D eigenvalue weighted by molar-refractivity contribution is 6.36. The molecule has 0 spiro atoms. The molecular weight excluding hydrogens is 288 g/mol. The van der Waals surface area contributed by atoms with Crippen LogP contribution in [-0.2, 0) is 0 Å². The predicted octanol–water partition coefficient (Wildman–Crippen LogP) is 4.07. The summed E-state index contributed by atoms with van der Waals surface area (Å²) >= 11 is 6.29. The number of fused-ring (bicyclic) bond motifs is 2. The van der Waals surface area contributed by atoms with Crippen LogP contribution in [0, 0.1) is 0 Å². The van der Waals surface area contributed by atoms with Crippen LogP contribution in [0.1, 0.15) is 0 Å². The van der Waals surface area contributed by atoms with Crippen LogP contribution in [0.5, 0.6) is 0 Å². The third-order valence-corrected chi connectivity index (χ3v) is 3.75. The van der Waals surface area contributed by atoms with E-state index in [-0.39, 0.29) is 0 Å². The third kappa shape index (κ3) is 1.86. The molecule has 0 saturated heterocycles. The van der Waals surface area contributed by atoms with Gasteiger partial charge >= 0.3 is 0 Å². The van der Waals surface area contributed by atoms with Crippen LogP contribution in [0.25, 0.3) is 33.3 Å². The van der Waals surface area contributed by atoms with Crippen molar-refractivity contribution in [2.24, 2.45) is 0 Å². The quantitative estimate of drug-likeness (QED) is 0.585. The van der Waals surface area contributed by atoms with Gasteiger partial charge in [-0.05, 0) is 23.8 Å². The maximum absolute atomic E-state index is 6.29. The van der Waals surface area contributed by atoms with Crippen LogP contribution in [-0.4, -0.2) is 22.0 Å². The summed E-state index contributed by atoms with van der Waals surface area (Å²) in [5, 5.41) is 4.48. The van der Waals surface area contributed by atoms with Crippen LogP contribution in [0.3, 0.4) is 0 Å². The van der Waals surface area contributed by atoms with E-state index in [0.717, 1.165) is 33.3 Å². The van der Waals surface area contributed by atoms with E-state index in [2.05, 4.69) is 20.3 Å². The van der Waals surface area contributed by atoms with Crippen LogP contribution >= 0.6 is 11.6 Å². The zero-order valence-electron chi connectivity index (χ0n) is 11.1. The van der Waals surface area contributed by atoms with E-state index >= 15 is 0 Å². The lowest BCUT2D eigenvalue weighted by Gasteiger charge is -2.00. The van der Waals surface area contributed by atoms with Gasteiger partial charge < -0.3 is 14.7 Å². The molecule has 2 N–H and O–H groups in total. The fourth-order valence-electron chi connectivity index (χ4n) is 2.45. The van der Waals surface area contributed by atoms with Gasteiger partial charge in [0.25, 0.3) is 6.01 Å². The van der Waals surface area contributed by atoms with Crippen molar-refractivity contribution in [1.29, 1.82) is 0 Å². The number of oxazole rings is 1. The maximum Gasteiger partial charge on any atom is 0.295 e. The Labute approximate surface area is 125 Å². The Morgan fingerprint density at radius 1 is 1.29 bits per heavy atom. The van der Waals surface area contributed by atoms with Crippen molar-refractivity contribution in [3.05, 3.63) is 41.7 Å². The average molecular weight is 299 g/mol. The lowest BCUT2D eigenvalue weighted by Crippen LogP contribution is -1.85. The van der Waals surface area contributed by atoms with Crippen LogP contribution in [0.15, 0.2) is 41.1 Å². The Morgan fingerprint density at radius 2 is 2.19 bits per heavy atom. The summed E-state index contributed by atoms with van der Waals surface area (Å²) in [5.41, 5.74) is 4.32. The molecule has 0 aliphatic heterocycles. The van der Waals surface area contributed by atoms with E-state index in [1.54, 1.807) is 19.3 Å². The molecule has 0 atom stereocenters. The second kappa shape index (κ2) is 4.49. The number of hydrogen-bond acceptors (Lipinski definition) is 4. The highest BCUT2D eigenvalue weighted by Gasteiger charge is 2.12. The van der Waals surface area contributed by atoms with Gasteiger partial charge in [0.1, 0.15) is 11.2 Å². The third-order valence-electron chi connectivity index (χ3n) is 3.44. The molecule has 21 heavy (non-hydrogen) atoms. The second-order valence-corrected chi connectivity index (χ2v) is 5.08. The topological polar surface area (TPSA) is 66.7 Å². The fraction of sp³-hybridized carbons (Fsp3) is 0.0667. The summed E-state index contributed by atoms with van der Waals surface area (Å²) in [6.07, 6.45) is 3.59. The first-order chi connectivity index (χ1) is 10.3. The Balaban J connectivity index is 1.95. The summed E-state index contributed by atoms with van der Waals surface area (Å²) in [7, 11) is 1.77. The second-order valence-electron chi connectivity index (χ2n) is 4.67. The lowest BCUT2D eigenvalue weighted by atomic mass is 10.1. The van der Waals surface area contributed by atoms with E-state index in [0.29, 0.717) is 11.0 Å². The first kappa shape index (κ1) is 12.2. The Morgan fingerprint density at radius 3 is 3.05 bits per heavy atom. The lowest BCUT2D eigenvalue weighted by molar-refractivity contribution is 0.620. The zero-order chi connectivity index (χ0) is 14.4. The van der Waals surface area contributed by atoms with Crippen molar-refractivity contribution < 1.29 is 4.42 Å². The Bertz CT molecular complexity index is 957. The summed E-state index contributed by atoms with van der Waals surface area (Å²) in [4.78, 5) is 11.8. The number of halogens is 1. The van der Waals surface area contributed by atoms with Gasteiger partial charge in [-0.25, -0.2) is 4.98 Å². The molecule has 0 bridgehead atoms. The summed E-state index contributed by atoms with van der Waals surface area (Å²) in [5.74, 6) is 0. The Kier molecular flexibility index (Phi) is 2.62. The first-order valence-corrected chi connectivity index (χ1v) is 6.84. The Hall–Kier alpha value is -2.53. The molecule has 0 radical (unpaired) electrons. The smallest absolute Gasteiger partial charge is 0.295 e. The van der Waals surface area contributed by atoms with Crippen molar-refractivity contribution in [2.75, 3.05) is 12.4 Å². The maximum atomic E-state index is 6.29. The van der Waals surface area contributed by atoms with Gasteiger partial charge in [0.2, 0.25) is 0 Å². The number of pyridine rings is 1. The van der Waals surface area contributed by atoms with Gasteiger partial charge in [-0.1, -0.05) is 17.7 Å². The highest BCUT2D eigenvalue weighted by atomic mass is 35.5.